The Kier molecular flexibility index (Phi) is 3.75. The normalized spacial score (nSPS) is 10.2. The summed E-state index contributed by atoms with van der Waals surface area (Å²) in [6, 6.07) is 9.89. The van der Waals surface area contributed by atoms with E-state index in [1.54, 1.807) is 18.3 Å². The van der Waals surface area contributed by atoms with E-state index in [4.69, 9.17) is 11.1 Å². The van der Waals surface area contributed by atoms with E-state index in [9.17, 15) is 4.39 Å². The minimum atomic E-state index is -0.274. The zero-order chi connectivity index (χ0) is 13.8. The molecule has 0 bridgehead atoms. The Morgan fingerprint density at radius 1 is 1.32 bits per heavy atom. The monoisotopic (exact) mass is 258 g/mol. The molecule has 0 spiro atoms. The second-order valence-electron chi connectivity index (χ2n) is 4.04. The quantitative estimate of drug-likeness (QED) is 0.654. The predicted molar refractivity (Wildman–Crippen MR) is 74.3 cm³/mol. The molecule has 2 rings (SSSR count). The first-order valence-electron chi connectivity index (χ1n) is 5.95. The third-order valence-corrected chi connectivity index (χ3v) is 2.77. The number of rotatable bonds is 4. The topological polar surface area (TPSA) is 66.0 Å². The molecule has 0 atom stereocenters. The van der Waals surface area contributed by atoms with E-state index in [1.807, 2.05) is 24.0 Å². The van der Waals surface area contributed by atoms with E-state index < -0.39 is 0 Å². The number of hydrogen-bond donors (Lipinski definition) is 2. The zero-order valence-electron chi connectivity index (χ0n) is 10.6. The van der Waals surface area contributed by atoms with Gasteiger partial charge in [0, 0.05) is 12.2 Å². The molecule has 0 aliphatic heterocycles. The van der Waals surface area contributed by atoms with Gasteiger partial charge in [-0.2, -0.15) is 0 Å². The lowest BCUT2D eigenvalue weighted by Crippen LogP contribution is -2.18. The average Bonchev–Trinajstić information content (AvgIpc) is 2.40. The Morgan fingerprint density at radius 3 is 2.63 bits per heavy atom. The van der Waals surface area contributed by atoms with Crippen molar-refractivity contribution in [3.8, 4) is 0 Å². The van der Waals surface area contributed by atoms with Crippen molar-refractivity contribution in [2.45, 2.75) is 6.92 Å². The van der Waals surface area contributed by atoms with Gasteiger partial charge in [-0.15, -0.1) is 0 Å². The highest BCUT2D eigenvalue weighted by atomic mass is 19.1. The molecule has 3 N–H and O–H groups in total. The molecule has 0 unspecified atom stereocenters. The molecule has 0 fully saturated rings. The van der Waals surface area contributed by atoms with E-state index in [1.165, 1.54) is 12.1 Å². The van der Waals surface area contributed by atoms with Crippen LogP contribution >= 0.6 is 0 Å². The van der Waals surface area contributed by atoms with Crippen LogP contribution in [-0.2, 0) is 0 Å². The fraction of sp³-hybridized carbons (Fsp3) is 0.143. The molecule has 1 heterocycles. The van der Waals surface area contributed by atoms with Gasteiger partial charge in [0.25, 0.3) is 0 Å². The van der Waals surface area contributed by atoms with E-state index in [2.05, 4.69) is 4.98 Å². The third kappa shape index (κ3) is 2.88. The maximum Gasteiger partial charge on any atom is 0.141 e. The lowest BCUT2D eigenvalue weighted by Gasteiger charge is -2.23. The number of nitrogens with zero attached hydrogens (tertiary/aromatic N) is 2. The second kappa shape index (κ2) is 5.48. The van der Waals surface area contributed by atoms with Crippen molar-refractivity contribution in [2.75, 3.05) is 11.4 Å². The average molecular weight is 258 g/mol. The Balaban J connectivity index is 2.34. The van der Waals surface area contributed by atoms with Gasteiger partial charge in [-0.3, -0.25) is 10.4 Å². The van der Waals surface area contributed by atoms with Crippen LogP contribution < -0.4 is 10.6 Å². The Morgan fingerprint density at radius 2 is 2.11 bits per heavy atom. The van der Waals surface area contributed by atoms with Gasteiger partial charge in [-0.05, 0) is 37.3 Å². The summed E-state index contributed by atoms with van der Waals surface area (Å²) < 4.78 is 13.3. The molecule has 0 aliphatic rings. The zero-order valence-corrected chi connectivity index (χ0v) is 10.6. The van der Waals surface area contributed by atoms with Crippen molar-refractivity contribution >= 4 is 17.2 Å². The molecule has 0 aliphatic carbocycles. The number of nitrogens with two attached hydrogens (primary N) is 1. The van der Waals surface area contributed by atoms with Crippen LogP contribution in [0.4, 0.5) is 15.8 Å². The number of aromatic nitrogens is 1. The largest absolute Gasteiger partial charge is 0.382 e. The lowest BCUT2D eigenvalue weighted by molar-refractivity contribution is 0.627. The maximum absolute atomic E-state index is 13.3. The van der Waals surface area contributed by atoms with Crippen LogP contribution in [0, 0.1) is 11.2 Å². The van der Waals surface area contributed by atoms with Gasteiger partial charge in [0.2, 0.25) is 0 Å². The first kappa shape index (κ1) is 13.0. The lowest BCUT2D eigenvalue weighted by atomic mass is 10.2. The molecule has 0 amide bonds. The standard InChI is InChI=1S/C14H15FN4/c1-2-19(11-5-3-4-10(15)8-11)12-6-7-13(14(16)17)18-9-12/h3-9H,2H2,1H3,(H3,16,17). The molecule has 0 radical (unpaired) electrons. The molecule has 2 aromatic rings. The molecule has 5 heteroatoms. The molecule has 19 heavy (non-hydrogen) atoms. The van der Waals surface area contributed by atoms with E-state index in [0.29, 0.717) is 12.2 Å². The molecule has 4 nitrogen and oxygen atoms in total. The minimum absolute atomic E-state index is 0.0691. The fourth-order valence-corrected chi connectivity index (χ4v) is 1.86. The van der Waals surface area contributed by atoms with Crippen molar-refractivity contribution in [2.24, 2.45) is 5.73 Å². The van der Waals surface area contributed by atoms with Crippen LogP contribution in [0.2, 0.25) is 0 Å². The summed E-state index contributed by atoms with van der Waals surface area (Å²) in [6.45, 7) is 2.66. The summed E-state index contributed by atoms with van der Waals surface area (Å²) in [5.74, 6) is -0.343. The van der Waals surface area contributed by atoms with Crippen LogP contribution in [0.15, 0.2) is 42.6 Å². The number of amidine groups is 1. The minimum Gasteiger partial charge on any atom is -0.382 e. The van der Waals surface area contributed by atoms with Crippen molar-refractivity contribution in [3.63, 3.8) is 0 Å². The number of pyridine rings is 1. The van der Waals surface area contributed by atoms with Gasteiger partial charge in [-0.25, -0.2) is 4.39 Å². The third-order valence-electron chi connectivity index (χ3n) is 2.77. The molecule has 1 aromatic carbocycles. The molecular formula is C14H15FN4. The van der Waals surface area contributed by atoms with Gasteiger partial charge in [-0.1, -0.05) is 6.07 Å². The van der Waals surface area contributed by atoms with Crippen molar-refractivity contribution in [3.05, 3.63) is 54.1 Å². The van der Waals surface area contributed by atoms with Crippen molar-refractivity contribution in [1.82, 2.24) is 4.98 Å². The summed E-state index contributed by atoms with van der Waals surface area (Å²) in [4.78, 5) is 6.04. The smallest absolute Gasteiger partial charge is 0.141 e. The van der Waals surface area contributed by atoms with Gasteiger partial charge in [0.1, 0.15) is 17.3 Å². The number of anilines is 2. The number of halogens is 1. The Labute approximate surface area is 111 Å². The van der Waals surface area contributed by atoms with Gasteiger partial charge in [0.15, 0.2) is 0 Å². The molecule has 0 saturated carbocycles. The molecular weight excluding hydrogens is 243 g/mol. The van der Waals surface area contributed by atoms with Crippen LogP contribution in [0.25, 0.3) is 0 Å². The molecule has 98 valence electrons. The summed E-state index contributed by atoms with van der Waals surface area (Å²) in [5.41, 5.74) is 7.39. The first-order valence-corrected chi connectivity index (χ1v) is 5.95. The van der Waals surface area contributed by atoms with Crippen LogP contribution in [0.5, 0.6) is 0 Å². The number of hydrogen-bond acceptors (Lipinski definition) is 3. The van der Waals surface area contributed by atoms with Gasteiger partial charge in [0.05, 0.1) is 11.9 Å². The van der Waals surface area contributed by atoms with Crippen LogP contribution in [-0.4, -0.2) is 17.4 Å². The number of benzene rings is 1. The Bertz CT molecular complexity index is 580. The van der Waals surface area contributed by atoms with Gasteiger partial charge < -0.3 is 10.6 Å². The SMILES string of the molecule is CCN(c1ccc(C(=N)N)nc1)c1cccc(F)c1. The summed E-state index contributed by atoms with van der Waals surface area (Å²) in [7, 11) is 0. The highest BCUT2D eigenvalue weighted by Gasteiger charge is 2.09. The number of nitrogen functional groups attached to an aromatic ring is 1. The van der Waals surface area contributed by atoms with Crippen LogP contribution in [0.3, 0.4) is 0 Å². The predicted octanol–water partition coefficient (Wildman–Crippen LogP) is 2.66. The van der Waals surface area contributed by atoms with E-state index in [-0.39, 0.29) is 11.7 Å². The van der Waals surface area contributed by atoms with E-state index in [0.717, 1.165) is 11.4 Å². The highest BCUT2D eigenvalue weighted by Crippen LogP contribution is 2.24. The van der Waals surface area contributed by atoms with E-state index >= 15 is 0 Å². The fourth-order valence-electron chi connectivity index (χ4n) is 1.86. The summed E-state index contributed by atoms with van der Waals surface area (Å²) in [6.07, 6.45) is 1.63. The number of nitrogens with one attached hydrogen (secondary N) is 1. The summed E-state index contributed by atoms with van der Waals surface area (Å²) in [5, 5.41) is 7.30. The maximum atomic E-state index is 13.3. The first-order chi connectivity index (χ1) is 9.11. The molecule has 0 saturated heterocycles. The molecule has 1 aromatic heterocycles. The van der Waals surface area contributed by atoms with Crippen molar-refractivity contribution < 1.29 is 4.39 Å². The Hall–Kier alpha value is -2.43. The van der Waals surface area contributed by atoms with Crippen LogP contribution in [0.1, 0.15) is 12.6 Å². The van der Waals surface area contributed by atoms with Gasteiger partial charge >= 0.3 is 0 Å². The second-order valence-corrected chi connectivity index (χ2v) is 4.04. The highest BCUT2D eigenvalue weighted by molar-refractivity contribution is 5.93. The summed E-state index contributed by atoms with van der Waals surface area (Å²) >= 11 is 0. The van der Waals surface area contributed by atoms with Crippen molar-refractivity contribution in [1.29, 1.82) is 5.41 Å².